The third-order valence-corrected chi connectivity index (χ3v) is 15.9. The summed E-state index contributed by atoms with van der Waals surface area (Å²) in [5, 5.41) is 35.1. The lowest BCUT2D eigenvalue weighted by molar-refractivity contribution is -0.140. The third-order valence-electron chi connectivity index (χ3n) is 7.78. The minimum Gasteiger partial charge on any atom is -0.506 e. The van der Waals surface area contributed by atoms with Crippen LogP contribution in [0.1, 0.15) is 5.56 Å². The number of phenolic OH excluding ortho intramolecular Hbond substituents is 2. The molecule has 0 bridgehead atoms. The molecule has 2 aromatic heterocycles. The maximum absolute atomic E-state index is 13.5. The van der Waals surface area contributed by atoms with Crippen molar-refractivity contribution in [3.63, 3.8) is 0 Å². The van der Waals surface area contributed by atoms with Crippen molar-refractivity contribution in [3.8, 4) is 11.5 Å². The van der Waals surface area contributed by atoms with Crippen LogP contribution in [0.25, 0.3) is 21.5 Å². The number of sulfonamides is 2. The molecule has 14 nitrogen and oxygen atoms in total. The normalized spacial score (nSPS) is 12.1. The highest BCUT2D eigenvalue weighted by atomic mass is 32.3. The van der Waals surface area contributed by atoms with Crippen LogP contribution in [0.15, 0.2) is 108 Å². The topological polar surface area (TPSA) is 231 Å². The largest absolute Gasteiger partial charge is 0.506 e. The second-order valence-corrected chi connectivity index (χ2v) is 20.1. The number of nitrogens with one attached hydrogen (secondary N) is 2. The van der Waals surface area contributed by atoms with Crippen LogP contribution >= 0.6 is 34.4 Å². The molecule has 0 radical (unpaired) electrons. The molecule has 0 saturated heterocycles. The predicted molar refractivity (Wildman–Crippen MR) is 207 cm³/mol. The third kappa shape index (κ3) is 8.43. The molecule has 0 amide bonds. The molecule has 5 N–H and O–H groups in total. The highest BCUT2D eigenvalue weighted by Gasteiger charge is 2.28. The molecule has 6 aromatic rings. The van der Waals surface area contributed by atoms with Gasteiger partial charge in [-0.3, -0.25) is 19.0 Å². The SMILES string of the molecule is O=C(O)CSc1cc(NS(=O)(=O)c2cccs2)c2ccc(CCOC(=O)CS(=O)(=O)c3cc(NS(=O)(=O)c4cccs4)c4ccccc4c3O)cc2c1O. The molecule has 282 valence electrons. The lowest BCUT2D eigenvalue weighted by atomic mass is 10.0. The summed E-state index contributed by atoms with van der Waals surface area (Å²) in [6.07, 6.45) is 0.0276. The Labute approximate surface area is 321 Å². The molecule has 6 rings (SSSR count). The maximum atomic E-state index is 13.5. The van der Waals surface area contributed by atoms with E-state index < -0.39 is 64.0 Å². The van der Waals surface area contributed by atoms with Crippen molar-refractivity contribution < 1.29 is 54.9 Å². The molecule has 0 aliphatic rings. The first kappa shape index (κ1) is 38.9. The highest BCUT2D eigenvalue weighted by Crippen LogP contribution is 2.42. The Kier molecular flexibility index (Phi) is 11.1. The summed E-state index contributed by atoms with van der Waals surface area (Å²) >= 11 is 2.73. The van der Waals surface area contributed by atoms with Crippen LogP contribution in [0.4, 0.5) is 11.4 Å². The predicted octanol–water partition coefficient (Wildman–Crippen LogP) is 5.87. The number of ether oxygens (including phenoxy) is 1. The van der Waals surface area contributed by atoms with E-state index in [1.807, 2.05) is 0 Å². The number of aliphatic carboxylic acids is 1. The van der Waals surface area contributed by atoms with Crippen molar-refractivity contribution in [2.75, 3.05) is 27.6 Å². The Bertz CT molecular complexity index is 2730. The fraction of sp³-hybridized carbons (Fsp3) is 0.118. The van der Waals surface area contributed by atoms with Gasteiger partial charge in [-0.15, -0.1) is 34.4 Å². The van der Waals surface area contributed by atoms with E-state index in [0.29, 0.717) is 10.9 Å². The first-order valence-corrected chi connectivity index (χ1v) is 22.8. The highest BCUT2D eigenvalue weighted by molar-refractivity contribution is 8.00. The number of thiophene rings is 2. The molecule has 0 fully saturated rings. The minimum absolute atomic E-state index is 0.0222. The quantitative estimate of drug-likeness (QED) is 0.0464. The van der Waals surface area contributed by atoms with Crippen LogP contribution in [0.5, 0.6) is 11.5 Å². The number of hydrogen-bond donors (Lipinski definition) is 5. The lowest BCUT2D eigenvalue weighted by Crippen LogP contribution is -2.20. The summed E-state index contributed by atoms with van der Waals surface area (Å²) in [7, 11) is -12.7. The number of carboxylic acids is 1. The van der Waals surface area contributed by atoms with E-state index in [-0.39, 0.29) is 59.6 Å². The fourth-order valence-electron chi connectivity index (χ4n) is 5.36. The summed E-state index contributed by atoms with van der Waals surface area (Å²) in [5.41, 5.74) is 0.456. The van der Waals surface area contributed by atoms with Gasteiger partial charge < -0.3 is 20.1 Å². The molecule has 0 unspecified atom stereocenters. The number of anilines is 2. The Hall–Kier alpha value is -4.86. The molecule has 4 aromatic carbocycles. The molecule has 54 heavy (non-hydrogen) atoms. The van der Waals surface area contributed by atoms with E-state index in [9.17, 15) is 50.2 Å². The minimum atomic E-state index is -4.58. The average Bonchev–Trinajstić information content (AvgIpc) is 3.87. The summed E-state index contributed by atoms with van der Waals surface area (Å²) < 4.78 is 89.1. The van der Waals surface area contributed by atoms with Crippen LogP contribution in [-0.4, -0.2) is 70.6 Å². The van der Waals surface area contributed by atoms with Gasteiger partial charge in [0.25, 0.3) is 20.0 Å². The van der Waals surface area contributed by atoms with E-state index in [1.165, 1.54) is 54.6 Å². The van der Waals surface area contributed by atoms with E-state index in [2.05, 4.69) is 9.44 Å². The first-order chi connectivity index (χ1) is 25.6. The van der Waals surface area contributed by atoms with Gasteiger partial charge in [-0.05, 0) is 46.7 Å². The summed E-state index contributed by atoms with van der Waals surface area (Å²) in [6, 6.07) is 18.8. The fourth-order valence-corrected chi connectivity index (χ4v) is 11.5. The molecule has 0 aliphatic heterocycles. The summed E-state index contributed by atoms with van der Waals surface area (Å²) in [4.78, 5) is 23.5. The molecular formula is C34H28N2O12S6. The molecule has 0 spiro atoms. The van der Waals surface area contributed by atoms with Gasteiger partial charge in [-0.25, -0.2) is 25.3 Å². The number of carbonyl (C=O) groups is 2. The zero-order chi connectivity index (χ0) is 38.8. The van der Waals surface area contributed by atoms with Crippen LogP contribution < -0.4 is 9.44 Å². The molecule has 20 heteroatoms. The van der Waals surface area contributed by atoms with Gasteiger partial charge in [-0.1, -0.05) is 48.5 Å². The van der Waals surface area contributed by atoms with E-state index in [0.717, 1.165) is 40.5 Å². The standard InChI is InChI=1S/C34H28N2O12S6/c37-29(38)18-51-27-16-25(35-53(44,45)31-7-3-13-49-31)22-10-9-20(15-24(22)33(27)40)11-12-48-30(39)19-52(42,43)28-17-26(21-5-1-2-6-23(21)34(28)41)36-54(46,47)32-8-4-14-50-32/h1-10,13-17,35-36,40-41H,11-12,18-19H2,(H,37,38). The number of carboxylic acid groups (broad SMARTS) is 1. The van der Waals surface area contributed by atoms with Gasteiger partial charge in [0, 0.05) is 28.0 Å². The molecule has 0 atom stereocenters. The maximum Gasteiger partial charge on any atom is 0.321 e. The molecule has 0 saturated carbocycles. The Morgan fingerprint density at radius 3 is 1.89 bits per heavy atom. The van der Waals surface area contributed by atoms with Gasteiger partial charge in [0.2, 0.25) is 0 Å². The number of hydrogen-bond acceptors (Lipinski definition) is 14. The average molecular weight is 849 g/mol. The van der Waals surface area contributed by atoms with Crippen molar-refractivity contribution in [1.82, 2.24) is 0 Å². The van der Waals surface area contributed by atoms with Gasteiger partial charge >= 0.3 is 11.9 Å². The van der Waals surface area contributed by atoms with Crippen molar-refractivity contribution in [2.45, 2.75) is 24.6 Å². The zero-order valence-corrected chi connectivity index (χ0v) is 32.4. The summed E-state index contributed by atoms with van der Waals surface area (Å²) in [5.74, 6) is -4.90. The van der Waals surface area contributed by atoms with E-state index in [1.54, 1.807) is 29.0 Å². The van der Waals surface area contributed by atoms with Gasteiger partial charge in [-0.2, -0.15) is 0 Å². The number of benzene rings is 4. The van der Waals surface area contributed by atoms with Gasteiger partial charge in [0.15, 0.2) is 15.6 Å². The monoisotopic (exact) mass is 848 g/mol. The smallest absolute Gasteiger partial charge is 0.321 e. The van der Waals surface area contributed by atoms with Crippen molar-refractivity contribution in [3.05, 3.63) is 95.2 Å². The van der Waals surface area contributed by atoms with Gasteiger partial charge in [0.1, 0.15) is 24.8 Å². The number of esters is 1. The number of sulfone groups is 1. The zero-order valence-electron chi connectivity index (χ0n) is 27.5. The van der Waals surface area contributed by atoms with Crippen LogP contribution in [0, 0.1) is 0 Å². The lowest BCUT2D eigenvalue weighted by Gasteiger charge is -2.15. The second kappa shape index (κ2) is 15.5. The van der Waals surface area contributed by atoms with Crippen LogP contribution in [0.3, 0.4) is 0 Å². The number of fused-ring (bicyclic) bond motifs is 2. The van der Waals surface area contributed by atoms with Crippen LogP contribution in [0.2, 0.25) is 0 Å². The number of carbonyl (C=O) groups excluding carboxylic acids is 1. The van der Waals surface area contributed by atoms with E-state index >= 15 is 0 Å². The number of rotatable bonds is 15. The van der Waals surface area contributed by atoms with Crippen molar-refractivity contribution >= 4 is 109 Å². The Balaban J connectivity index is 1.21. The van der Waals surface area contributed by atoms with Crippen molar-refractivity contribution in [1.29, 1.82) is 0 Å². The number of thioether (sulfide) groups is 1. The Morgan fingerprint density at radius 1 is 0.704 bits per heavy atom. The Morgan fingerprint density at radius 2 is 1.30 bits per heavy atom. The molecule has 0 aliphatic carbocycles. The van der Waals surface area contributed by atoms with Crippen molar-refractivity contribution in [2.24, 2.45) is 0 Å². The summed E-state index contributed by atoms with van der Waals surface area (Å²) in [6.45, 7) is -0.318. The first-order valence-electron chi connectivity index (χ1n) is 15.4. The number of phenols is 2. The second-order valence-electron chi connectivity index (χ2n) is 11.5. The van der Waals surface area contributed by atoms with E-state index in [4.69, 9.17) is 4.74 Å². The molecular weight excluding hydrogens is 821 g/mol. The molecule has 2 heterocycles. The number of aromatic hydroxyl groups is 2. The van der Waals surface area contributed by atoms with Crippen LogP contribution in [-0.2, 0) is 50.6 Å². The van der Waals surface area contributed by atoms with Gasteiger partial charge in [0.05, 0.1) is 28.6 Å².